The Morgan fingerprint density at radius 2 is 1.86 bits per heavy atom. The van der Waals surface area contributed by atoms with E-state index >= 15 is 0 Å². The molecule has 0 bridgehead atoms. The van der Waals surface area contributed by atoms with E-state index in [0.29, 0.717) is 5.82 Å². The third-order valence-corrected chi connectivity index (χ3v) is 3.62. The summed E-state index contributed by atoms with van der Waals surface area (Å²) < 4.78 is 0. The Morgan fingerprint density at radius 3 is 2.57 bits per heavy atom. The predicted octanol–water partition coefficient (Wildman–Crippen LogP) is 3.36. The minimum atomic E-state index is -0.564. The highest BCUT2D eigenvalue weighted by Gasteiger charge is 2.11. The van der Waals surface area contributed by atoms with E-state index in [1.54, 1.807) is 13.1 Å². The van der Waals surface area contributed by atoms with Crippen LogP contribution >= 0.6 is 0 Å². The summed E-state index contributed by atoms with van der Waals surface area (Å²) in [4.78, 5) is 13.5. The molecule has 4 nitrogen and oxygen atoms in total. The van der Waals surface area contributed by atoms with E-state index in [1.165, 1.54) is 0 Å². The fourth-order valence-corrected chi connectivity index (χ4v) is 2.47. The molecule has 21 heavy (non-hydrogen) atoms. The lowest BCUT2D eigenvalue weighted by atomic mass is 10.1. The number of aliphatic hydroxyl groups is 1. The van der Waals surface area contributed by atoms with Crippen LogP contribution in [0.4, 0.5) is 0 Å². The largest absolute Gasteiger partial charge is 0.389 e. The number of pyridine rings is 1. The molecular weight excluding hydrogens is 262 g/mol. The Balaban J connectivity index is 2.14. The third kappa shape index (κ3) is 2.50. The molecule has 2 aromatic heterocycles. The van der Waals surface area contributed by atoms with Gasteiger partial charge in [0, 0.05) is 22.8 Å². The maximum Gasteiger partial charge on any atom is 0.178 e. The highest BCUT2D eigenvalue weighted by molar-refractivity contribution is 5.84. The molecule has 0 amide bonds. The summed E-state index contributed by atoms with van der Waals surface area (Å²) in [6.45, 7) is 5.65. The van der Waals surface area contributed by atoms with E-state index in [2.05, 4.69) is 27.9 Å². The van der Waals surface area contributed by atoms with Crippen LogP contribution in [-0.2, 0) is 0 Å². The number of para-hydroxylation sites is 1. The quantitative estimate of drug-likeness (QED) is 0.781. The first kappa shape index (κ1) is 13.6. The van der Waals surface area contributed by atoms with Gasteiger partial charge < -0.3 is 5.11 Å². The van der Waals surface area contributed by atoms with Crippen molar-refractivity contribution >= 4 is 10.9 Å². The van der Waals surface area contributed by atoms with Gasteiger partial charge in [0.15, 0.2) is 5.82 Å². The average molecular weight is 279 g/mol. The number of aliphatic hydroxyl groups excluding tert-OH is 1. The molecule has 3 aromatic rings. The van der Waals surface area contributed by atoms with Gasteiger partial charge in [0.05, 0.1) is 11.6 Å². The second-order valence-corrected chi connectivity index (χ2v) is 5.25. The Kier molecular flexibility index (Phi) is 3.39. The summed E-state index contributed by atoms with van der Waals surface area (Å²) in [5.41, 5.74) is 4.37. The SMILES string of the molecule is Cc1nc(-c2cc(C)c3ccccc3n2)ncc1[C@@H](C)O. The summed E-state index contributed by atoms with van der Waals surface area (Å²) in [6, 6.07) is 10.0. The van der Waals surface area contributed by atoms with Gasteiger partial charge in [0.25, 0.3) is 0 Å². The van der Waals surface area contributed by atoms with E-state index in [9.17, 15) is 5.11 Å². The Morgan fingerprint density at radius 1 is 1.10 bits per heavy atom. The maximum absolute atomic E-state index is 9.66. The lowest BCUT2D eigenvalue weighted by molar-refractivity contribution is 0.197. The Bertz CT molecular complexity index is 812. The molecule has 106 valence electrons. The summed E-state index contributed by atoms with van der Waals surface area (Å²) in [5.74, 6) is 0.589. The van der Waals surface area contributed by atoms with Crippen LogP contribution in [0.2, 0.25) is 0 Å². The van der Waals surface area contributed by atoms with Crippen LogP contribution in [-0.4, -0.2) is 20.1 Å². The average Bonchev–Trinajstić information content (AvgIpc) is 2.46. The highest BCUT2D eigenvalue weighted by Crippen LogP contribution is 2.23. The minimum absolute atomic E-state index is 0.564. The second kappa shape index (κ2) is 5.22. The number of aryl methyl sites for hydroxylation is 2. The Labute approximate surface area is 123 Å². The fraction of sp³-hybridized carbons (Fsp3) is 0.235. The molecule has 0 spiro atoms. The van der Waals surface area contributed by atoms with E-state index in [0.717, 1.165) is 33.4 Å². The predicted molar refractivity (Wildman–Crippen MR) is 82.9 cm³/mol. The molecule has 3 rings (SSSR count). The standard InChI is InChI=1S/C17H17N3O/c1-10-8-16(20-15-7-5-4-6-13(10)15)17-18-9-14(12(3)21)11(2)19-17/h4-9,12,21H,1-3H3/t12-/m1/s1. The first-order chi connectivity index (χ1) is 10.1. The zero-order chi connectivity index (χ0) is 15.0. The number of nitrogens with zero attached hydrogens (tertiary/aromatic N) is 3. The van der Waals surface area contributed by atoms with Crippen LogP contribution in [0.3, 0.4) is 0 Å². The molecule has 0 aliphatic carbocycles. The zero-order valence-corrected chi connectivity index (χ0v) is 12.3. The van der Waals surface area contributed by atoms with Crippen molar-refractivity contribution in [1.82, 2.24) is 15.0 Å². The molecule has 0 fully saturated rings. The first-order valence-corrected chi connectivity index (χ1v) is 6.94. The molecule has 1 N–H and O–H groups in total. The summed E-state index contributed by atoms with van der Waals surface area (Å²) >= 11 is 0. The van der Waals surface area contributed by atoms with Crippen molar-refractivity contribution in [2.24, 2.45) is 0 Å². The fourth-order valence-electron chi connectivity index (χ4n) is 2.47. The molecule has 0 unspecified atom stereocenters. The summed E-state index contributed by atoms with van der Waals surface area (Å²) in [7, 11) is 0. The van der Waals surface area contributed by atoms with Crippen molar-refractivity contribution in [2.75, 3.05) is 0 Å². The number of rotatable bonds is 2. The van der Waals surface area contributed by atoms with Crippen molar-refractivity contribution in [3.05, 3.63) is 53.3 Å². The number of hydrogen-bond acceptors (Lipinski definition) is 4. The van der Waals surface area contributed by atoms with Gasteiger partial charge in [-0.25, -0.2) is 15.0 Å². The monoisotopic (exact) mass is 279 g/mol. The second-order valence-electron chi connectivity index (χ2n) is 5.25. The van der Waals surface area contributed by atoms with Crippen LogP contribution in [0.25, 0.3) is 22.4 Å². The normalized spacial score (nSPS) is 12.6. The van der Waals surface area contributed by atoms with Gasteiger partial charge in [0.1, 0.15) is 5.69 Å². The van der Waals surface area contributed by atoms with Gasteiger partial charge in [-0.05, 0) is 38.5 Å². The summed E-state index contributed by atoms with van der Waals surface area (Å²) in [5, 5.41) is 10.8. The van der Waals surface area contributed by atoms with Gasteiger partial charge in [0.2, 0.25) is 0 Å². The maximum atomic E-state index is 9.66. The molecule has 0 saturated heterocycles. The number of aromatic nitrogens is 3. The van der Waals surface area contributed by atoms with Gasteiger partial charge in [-0.1, -0.05) is 18.2 Å². The lowest BCUT2D eigenvalue weighted by Gasteiger charge is -2.10. The van der Waals surface area contributed by atoms with Crippen molar-refractivity contribution in [1.29, 1.82) is 0 Å². The van der Waals surface area contributed by atoms with Crippen molar-refractivity contribution in [3.63, 3.8) is 0 Å². The zero-order valence-electron chi connectivity index (χ0n) is 12.3. The molecule has 0 radical (unpaired) electrons. The molecule has 2 heterocycles. The molecule has 0 saturated carbocycles. The smallest absolute Gasteiger partial charge is 0.178 e. The molecule has 4 heteroatoms. The van der Waals surface area contributed by atoms with Crippen molar-refractivity contribution in [2.45, 2.75) is 26.9 Å². The molecule has 1 atom stereocenters. The number of hydrogen-bond donors (Lipinski definition) is 1. The van der Waals surface area contributed by atoms with Gasteiger partial charge >= 0.3 is 0 Å². The van der Waals surface area contributed by atoms with Crippen molar-refractivity contribution in [3.8, 4) is 11.5 Å². The van der Waals surface area contributed by atoms with E-state index < -0.39 is 6.10 Å². The summed E-state index contributed by atoms with van der Waals surface area (Å²) in [6.07, 6.45) is 1.11. The molecular formula is C17H17N3O. The topological polar surface area (TPSA) is 58.9 Å². The minimum Gasteiger partial charge on any atom is -0.389 e. The van der Waals surface area contributed by atoms with Crippen LogP contribution in [0, 0.1) is 13.8 Å². The third-order valence-electron chi connectivity index (χ3n) is 3.62. The van der Waals surface area contributed by atoms with E-state index in [1.807, 2.05) is 31.2 Å². The number of benzene rings is 1. The first-order valence-electron chi connectivity index (χ1n) is 6.94. The van der Waals surface area contributed by atoms with Crippen LogP contribution < -0.4 is 0 Å². The number of fused-ring (bicyclic) bond motifs is 1. The Hall–Kier alpha value is -2.33. The van der Waals surface area contributed by atoms with Crippen LogP contribution in [0.1, 0.15) is 29.8 Å². The van der Waals surface area contributed by atoms with Crippen molar-refractivity contribution < 1.29 is 5.11 Å². The van der Waals surface area contributed by atoms with E-state index in [4.69, 9.17) is 0 Å². The van der Waals surface area contributed by atoms with Gasteiger partial charge in [-0.3, -0.25) is 0 Å². The van der Waals surface area contributed by atoms with Gasteiger partial charge in [-0.2, -0.15) is 0 Å². The van der Waals surface area contributed by atoms with Gasteiger partial charge in [-0.15, -0.1) is 0 Å². The molecule has 0 aliphatic rings. The van der Waals surface area contributed by atoms with E-state index in [-0.39, 0.29) is 0 Å². The molecule has 1 aromatic carbocycles. The lowest BCUT2D eigenvalue weighted by Crippen LogP contribution is -2.02. The highest BCUT2D eigenvalue weighted by atomic mass is 16.3. The van der Waals surface area contributed by atoms with Crippen LogP contribution in [0.15, 0.2) is 36.5 Å². The molecule has 0 aliphatic heterocycles. The van der Waals surface area contributed by atoms with Crippen LogP contribution in [0.5, 0.6) is 0 Å².